The second kappa shape index (κ2) is 8.44. The molecule has 0 aliphatic rings. The van der Waals surface area contributed by atoms with E-state index >= 15 is 0 Å². The van der Waals surface area contributed by atoms with Gasteiger partial charge < -0.3 is 19.4 Å². The number of aryl methyl sites for hydroxylation is 1. The van der Waals surface area contributed by atoms with E-state index in [9.17, 15) is 0 Å². The topological polar surface area (TPSA) is 48.3 Å². The van der Waals surface area contributed by atoms with Crippen molar-refractivity contribution in [2.75, 3.05) is 20.3 Å². The second-order valence-corrected chi connectivity index (χ2v) is 4.74. The lowest BCUT2D eigenvalue weighted by atomic mass is 10.2. The van der Waals surface area contributed by atoms with Crippen molar-refractivity contribution in [2.24, 2.45) is 0 Å². The number of ether oxygens (including phenoxy) is 2. The second-order valence-electron chi connectivity index (χ2n) is 4.74. The number of rotatable bonds is 9. The first-order valence-electron chi connectivity index (χ1n) is 7.24. The Morgan fingerprint density at radius 1 is 1.29 bits per heavy atom. The average Bonchev–Trinajstić information content (AvgIpc) is 2.98. The smallest absolute Gasteiger partial charge is 0.130 e. The van der Waals surface area contributed by atoms with E-state index in [1.807, 2.05) is 30.7 Å². The Bertz CT molecular complexity index is 540. The zero-order valence-corrected chi connectivity index (χ0v) is 12.7. The van der Waals surface area contributed by atoms with E-state index in [0.29, 0.717) is 13.2 Å². The summed E-state index contributed by atoms with van der Waals surface area (Å²) in [6.45, 7) is 5.83. The summed E-state index contributed by atoms with van der Waals surface area (Å²) < 4.78 is 13.1. The Morgan fingerprint density at radius 3 is 2.95 bits per heavy atom. The number of nitrogens with one attached hydrogen (secondary N) is 1. The first-order valence-corrected chi connectivity index (χ1v) is 7.24. The van der Waals surface area contributed by atoms with Gasteiger partial charge in [-0.25, -0.2) is 4.98 Å². The van der Waals surface area contributed by atoms with E-state index in [0.717, 1.165) is 36.6 Å². The van der Waals surface area contributed by atoms with Crippen LogP contribution < -0.4 is 10.1 Å². The summed E-state index contributed by atoms with van der Waals surface area (Å²) in [5, 5.41) is 3.34. The largest absolute Gasteiger partial charge is 0.487 e. The molecule has 1 N–H and O–H groups in total. The van der Waals surface area contributed by atoms with Gasteiger partial charge in [0, 0.05) is 32.3 Å². The maximum Gasteiger partial charge on any atom is 0.130 e. The quantitative estimate of drug-likeness (QED) is 0.719. The molecule has 2 aromatic rings. The third-order valence-corrected chi connectivity index (χ3v) is 3.29. The number of hydrogen-bond acceptors (Lipinski definition) is 4. The Balaban J connectivity index is 1.93. The van der Waals surface area contributed by atoms with Crippen LogP contribution in [0.5, 0.6) is 5.75 Å². The van der Waals surface area contributed by atoms with Crippen LogP contribution in [0.15, 0.2) is 36.8 Å². The van der Waals surface area contributed by atoms with Crippen molar-refractivity contribution in [3.63, 3.8) is 0 Å². The number of hydrogen-bond donors (Lipinski definition) is 1. The minimum Gasteiger partial charge on any atom is -0.487 e. The predicted octanol–water partition coefficient (Wildman–Crippen LogP) is 2.22. The van der Waals surface area contributed by atoms with E-state index < -0.39 is 0 Å². The van der Waals surface area contributed by atoms with Gasteiger partial charge in [-0.15, -0.1) is 0 Å². The van der Waals surface area contributed by atoms with Crippen molar-refractivity contribution in [1.82, 2.24) is 14.9 Å². The minimum absolute atomic E-state index is 0.531. The Hall–Kier alpha value is -1.85. The molecule has 0 bridgehead atoms. The summed E-state index contributed by atoms with van der Waals surface area (Å²) in [5.74, 6) is 0.909. The zero-order valence-electron chi connectivity index (χ0n) is 12.7. The molecule has 0 atom stereocenters. The van der Waals surface area contributed by atoms with E-state index in [1.54, 1.807) is 7.11 Å². The number of methoxy groups -OCH3 is 1. The summed E-state index contributed by atoms with van der Waals surface area (Å²) >= 11 is 0. The van der Waals surface area contributed by atoms with Gasteiger partial charge in [-0.1, -0.05) is 18.2 Å². The third-order valence-electron chi connectivity index (χ3n) is 3.29. The van der Waals surface area contributed by atoms with Crippen molar-refractivity contribution >= 4 is 0 Å². The summed E-state index contributed by atoms with van der Waals surface area (Å²) in [7, 11) is 1.70. The number of imidazole rings is 1. The van der Waals surface area contributed by atoms with E-state index in [-0.39, 0.29) is 0 Å². The van der Waals surface area contributed by atoms with Gasteiger partial charge in [0.05, 0.1) is 24.8 Å². The van der Waals surface area contributed by atoms with Gasteiger partial charge in [-0.3, -0.25) is 0 Å². The molecule has 5 nitrogen and oxygen atoms in total. The summed E-state index contributed by atoms with van der Waals surface area (Å²) in [6.07, 6.45) is 3.68. The van der Waals surface area contributed by atoms with Crippen LogP contribution in [0, 0.1) is 0 Å². The molecule has 1 aromatic heterocycles. The van der Waals surface area contributed by atoms with Crippen LogP contribution in [-0.2, 0) is 24.4 Å². The Kier molecular flexibility index (Phi) is 6.24. The van der Waals surface area contributed by atoms with Crippen LogP contribution in [0.4, 0.5) is 0 Å². The van der Waals surface area contributed by atoms with Crippen molar-refractivity contribution in [2.45, 2.75) is 26.6 Å². The molecule has 0 aliphatic carbocycles. The maximum absolute atomic E-state index is 5.95. The van der Waals surface area contributed by atoms with Crippen molar-refractivity contribution < 1.29 is 9.47 Å². The molecule has 0 unspecified atom stereocenters. The van der Waals surface area contributed by atoms with Gasteiger partial charge >= 0.3 is 0 Å². The molecule has 5 heteroatoms. The lowest BCUT2D eigenvalue weighted by Gasteiger charge is -2.13. The standard InChI is InChI=1S/C16H23N3O2/c1-3-19-13-18-11-15(19)12-21-16-7-5-4-6-14(16)10-17-8-9-20-2/h4-7,11,13,17H,3,8-10,12H2,1-2H3. The molecule has 0 aliphatic heterocycles. The Labute approximate surface area is 125 Å². The molecule has 2 rings (SSSR count). The van der Waals surface area contributed by atoms with Gasteiger partial charge in [-0.05, 0) is 13.0 Å². The monoisotopic (exact) mass is 289 g/mol. The molecule has 0 saturated heterocycles. The van der Waals surface area contributed by atoms with Crippen LogP contribution in [0.3, 0.4) is 0 Å². The fourth-order valence-electron chi connectivity index (χ4n) is 2.09. The van der Waals surface area contributed by atoms with Gasteiger partial charge in [0.2, 0.25) is 0 Å². The first-order chi connectivity index (χ1) is 10.3. The number of para-hydroxylation sites is 1. The van der Waals surface area contributed by atoms with Gasteiger partial charge in [0.15, 0.2) is 0 Å². The van der Waals surface area contributed by atoms with E-state index in [4.69, 9.17) is 9.47 Å². The molecule has 0 saturated carbocycles. The highest BCUT2D eigenvalue weighted by Crippen LogP contribution is 2.19. The molecule has 0 radical (unpaired) electrons. The van der Waals surface area contributed by atoms with E-state index in [2.05, 4.69) is 27.9 Å². The fourth-order valence-corrected chi connectivity index (χ4v) is 2.09. The molecule has 0 fully saturated rings. The van der Waals surface area contributed by atoms with Crippen LogP contribution >= 0.6 is 0 Å². The highest BCUT2D eigenvalue weighted by Gasteiger charge is 2.05. The van der Waals surface area contributed by atoms with Crippen molar-refractivity contribution in [1.29, 1.82) is 0 Å². The van der Waals surface area contributed by atoms with Crippen molar-refractivity contribution in [3.8, 4) is 5.75 Å². The van der Waals surface area contributed by atoms with Crippen LogP contribution in [0.2, 0.25) is 0 Å². The number of aromatic nitrogens is 2. The lowest BCUT2D eigenvalue weighted by molar-refractivity contribution is 0.199. The highest BCUT2D eigenvalue weighted by molar-refractivity contribution is 5.33. The minimum atomic E-state index is 0.531. The molecule has 21 heavy (non-hydrogen) atoms. The summed E-state index contributed by atoms with van der Waals surface area (Å²) in [4.78, 5) is 4.15. The lowest BCUT2D eigenvalue weighted by Crippen LogP contribution is -2.19. The highest BCUT2D eigenvalue weighted by atomic mass is 16.5. The zero-order chi connectivity index (χ0) is 14.9. The molecule has 1 heterocycles. The normalized spacial score (nSPS) is 10.8. The molecule has 0 amide bonds. The van der Waals surface area contributed by atoms with Gasteiger partial charge in [0.1, 0.15) is 12.4 Å². The molecule has 114 valence electrons. The number of benzene rings is 1. The fraction of sp³-hybridized carbons (Fsp3) is 0.438. The average molecular weight is 289 g/mol. The third kappa shape index (κ3) is 4.58. The number of nitrogens with zero attached hydrogens (tertiary/aromatic N) is 2. The SMILES string of the molecule is CCn1cncc1COc1ccccc1CNCCOC. The maximum atomic E-state index is 5.95. The Morgan fingerprint density at radius 2 is 2.14 bits per heavy atom. The molecular formula is C16H23N3O2. The van der Waals surface area contributed by atoms with Crippen LogP contribution in [-0.4, -0.2) is 29.8 Å². The summed E-state index contributed by atoms with van der Waals surface area (Å²) in [6, 6.07) is 8.09. The molecule has 0 spiro atoms. The van der Waals surface area contributed by atoms with Crippen LogP contribution in [0.1, 0.15) is 18.2 Å². The van der Waals surface area contributed by atoms with Gasteiger partial charge in [-0.2, -0.15) is 0 Å². The van der Waals surface area contributed by atoms with Crippen molar-refractivity contribution in [3.05, 3.63) is 48.0 Å². The predicted molar refractivity (Wildman–Crippen MR) is 82.3 cm³/mol. The molecular weight excluding hydrogens is 266 g/mol. The van der Waals surface area contributed by atoms with E-state index in [1.165, 1.54) is 0 Å². The van der Waals surface area contributed by atoms with Crippen LogP contribution in [0.25, 0.3) is 0 Å². The summed E-state index contributed by atoms with van der Waals surface area (Å²) in [5.41, 5.74) is 2.23. The first kappa shape index (κ1) is 15.5. The van der Waals surface area contributed by atoms with Gasteiger partial charge in [0.25, 0.3) is 0 Å². The molecule has 1 aromatic carbocycles.